The Morgan fingerprint density at radius 1 is 1.43 bits per heavy atom. The largest absolute Gasteiger partial charge is 0.398 e. The van der Waals surface area contributed by atoms with Crippen LogP contribution < -0.4 is 11.5 Å². The van der Waals surface area contributed by atoms with Gasteiger partial charge in [-0.2, -0.15) is 0 Å². The molecule has 78 valence electrons. The number of halogens is 2. The zero-order chi connectivity index (χ0) is 9.84. The number of benzene rings is 1. The quantitative estimate of drug-likeness (QED) is 0.783. The van der Waals surface area contributed by atoms with E-state index < -0.39 is 0 Å². The van der Waals surface area contributed by atoms with Crippen LogP contribution in [0.1, 0.15) is 12.0 Å². The van der Waals surface area contributed by atoms with E-state index in [1.54, 1.807) is 12.1 Å². The van der Waals surface area contributed by atoms with Crippen LogP contribution in [0.5, 0.6) is 0 Å². The number of rotatable bonds is 3. The van der Waals surface area contributed by atoms with Gasteiger partial charge in [-0.25, -0.2) is 0 Å². The van der Waals surface area contributed by atoms with E-state index in [-0.39, 0.29) is 18.3 Å². The van der Waals surface area contributed by atoms with E-state index in [0.29, 0.717) is 23.6 Å². The fourth-order valence-electron chi connectivity index (χ4n) is 0.994. The topological polar surface area (TPSA) is 69.1 Å². The third kappa shape index (κ3) is 3.85. The Hall–Kier alpha value is -0.930. The molecule has 0 aromatic heterocycles. The molecule has 0 radical (unpaired) electrons. The second-order valence-electron chi connectivity index (χ2n) is 2.82. The summed E-state index contributed by atoms with van der Waals surface area (Å²) >= 11 is 5.79. The van der Waals surface area contributed by atoms with E-state index >= 15 is 0 Å². The number of carbonyl (C=O) groups is 1. The molecular weight excluding hydrogens is 223 g/mol. The average molecular weight is 235 g/mol. The smallest absolute Gasteiger partial charge is 0.217 e. The van der Waals surface area contributed by atoms with Crippen LogP contribution in [0.3, 0.4) is 0 Å². The second-order valence-corrected chi connectivity index (χ2v) is 3.23. The van der Waals surface area contributed by atoms with Gasteiger partial charge in [0.15, 0.2) is 0 Å². The lowest BCUT2D eigenvalue weighted by Gasteiger charge is -2.01. The number of hydrogen-bond donors (Lipinski definition) is 2. The van der Waals surface area contributed by atoms with Crippen LogP contribution in [0.15, 0.2) is 18.2 Å². The van der Waals surface area contributed by atoms with Gasteiger partial charge in [-0.15, -0.1) is 12.4 Å². The summed E-state index contributed by atoms with van der Waals surface area (Å²) in [6.07, 6.45) is 0.940. The van der Waals surface area contributed by atoms with E-state index in [2.05, 4.69) is 0 Å². The highest BCUT2D eigenvalue weighted by Gasteiger charge is 2.00. The molecule has 1 aromatic rings. The molecule has 0 saturated carbocycles. The molecule has 4 N–H and O–H groups in total. The molecule has 0 spiro atoms. The molecule has 1 amide bonds. The predicted octanol–water partition coefficient (Wildman–Crippen LogP) is 1.76. The summed E-state index contributed by atoms with van der Waals surface area (Å²) in [6, 6.07) is 5.31. The zero-order valence-electron chi connectivity index (χ0n) is 7.50. The molecule has 0 fully saturated rings. The molecule has 0 atom stereocenters. The third-order valence-electron chi connectivity index (χ3n) is 1.72. The fourth-order valence-corrected chi connectivity index (χ4v) is 1.20. The number of aryl methyl sites for hydroxylation is 1. The molecule has 14 heavy (non-hydrogen) atoms. The van der Waals surface area contributed by atoms with E-state index in [1.165, 1.54) is 0 Å². The molecule has 0 saturated heterocycles. The molecule has 3 nitrogen and oxygen atoms in total. The van der Waals surface area contributed by atoms with Gasteiger partial charge in [-0.1, -0.05) is 17.7 Å². The Kier molecular flexibility index (Phi) is 5.35. The number of carbonyl (C=O) groups excluding carboxylic acids is 1. The maximum Gasteiger partial charge on any atom is 0.217 e. The lowest BCUT2D eigenvalue weighted by atomic mass is 10.1. The SMILES string of the molecule is Cl.NC(=O)CCc1ccc(N)c(Cl)c1. The van der Waals surface area contributed by atoms with Crippen molar-refractivity contribution in [1.29, 1.82) is 0 Å². The fraction of sp³-hybridized carbons (Fsp3) is 0.222. The number of hydrogen-bond acceptors (Lipinski definition) is 2. The van der Waals surface area contributed by atoms with Gasteiger partial charge in [-0.3, -0.25) is 4.79 Å². The zero-order valence-corrected chi connectivity index (χ0v) is 9.07. The molecule has 0 unspecified atom stereocenters. The highest BCUT2D eigenvalue weighted by molar-refractivity contribution is 6.33. The standard InChI is InChI=1S/C9H11ClN2O.ClH/c10-7-5-6(1-3-8(7)11)2-4-9(12)13;/h1,3,5H,2,4,11H2,(H2,12,13);1H. The minimum absolute atomic E-state index is 0. The minimum atomic E-state index is -0.312. The molecule has 0 aliphatic carbocycles. The molecule has 0 aliphatic heterocycles. The van der Waals surface area contributed by atoms with Crippen LogP contribution in [0, 0.1) is 0 Å². The Morgan fingerprint density at radius 3 is 2.57 bits per heavy atom. The lowest BCUT2D eigenvalue weighted by molar-refractivity contribution is -0.117. The second kappa shape index (κ2) is 5.73. The van der Waals surface area contributed by atoms with Crippen LogP contribution in [0.2, 0.25) is 5.02 Å². The summed E-state index contributed by atoms with van der Waals surface area (Å²) < 4.78 is 0. The molecule has 1 rings (SSSR count). The van der Waals surface area contributed by atoms with Gasteiger partial charge in [0, 0.05) is 6.42 Å². The summed E-state index contributed by atoms with van der Waals surface area (Å²) in [5, 5.41) is 0.516. The highest BCUT2D eigenvalue weighted by atomic mass is 35.5. The Morgan fingerprint density at radius 2 is 2.07 bits per heavy atom. The minimum Gasteiger partial charge on any atom is -0.398 e. The Labute approximate surface area is 93.8 Å². The summed E-state index contributed by atoms with van der Waals surface area (Å²) in [5.74, 6) is -0.312. The van der Waals surface area contributed by atoms with Crippen LogP contribution in [0.25, 0.3) is 0 Å². The maximum atomic E-state index is 10.5. The number of nitrogens with two attached hydrogens (primary N) is 2. The number of amides is 1. The van der Waals surface area contributed by atoms with E-state index in [1.807, 2.05) is 6.07 Å². The van der Waals surface area contributed by atoms with Crippen molar-refractivity contribution in [2.24, 2.45) is 5.73 Å². The number of nitrogen functional groups attached to an aromatic ring is 1. The van der Waals surface area contributed by atoms with Gasteiger partial charge in [0.05, 0.1) is 10.7 Å². The van der Waals surface area contributed by atoms with Crippen LogP contribution in [-0.4, -0.2) is 5.91 Å². The molecule has 0 aliphatic rings. The molecule has 0 bridgehead atoms. The van der Waals surface area contributed by atoms with Gasteiger partial charge < -0.3 is 11.5 Å². The van der Waals surface area contributed by atoms with Crippen molar-refractivity contribution in [2.75, 3.05) is 5.73 Å². The van der Waals surface area contributed by atoms with Crippen molar-refractivity contribution in [2.45, 2.75) is 12.8 Å². The summed E-state index contributed by atoms with van der Waals surface area (Å²) in [7, 11) is 0. The van der Waals surface area contributed by atoms with Crippen LogP contribution in [0.4, 0.5) is 5.69 Å². The average Bonchev–Trinajstić information content (AvgIpc) is 2.07. The van der Waals surface area contributed by atoms with E-state index in [0.717, 1.165) is 5.56 Å². The predicted molar refractivity (Wildman–Crippen MR) is 60.6 cm³/mol. The van der Waals surface area contributed by atoms with Crippen LogP contribution >= 0.6 is 24.0 Å². The normalized spacial score (nSPS) is 9.21. The van der Waals surface area contributed by atoms with Crippen LogP contribution in [-0.2, 0) is 11.2 Å². The van der Waals surface area contributed by atoms with Gasteiger partial charge in [0.1, 0.15) is 0 Å². The molecule has 0 heterocycles. The third-order valence-corrected chi connectivity index (χ3v) is 2.05. The van der Waals surface area contributed by atoms with Crippen molar-refractivity contribution in [1.82, 2.24) is 0 Å². The lowest BCUT2D eigenvalue weighted by Crippen LogP contribution is -2.11. The van der Waals surface area contributed by atoms with Crippen molar-refractivity contribution in [3.8, 4) is 0 Å². The monoisotopic (exact) mass is 234 g/mol. The van der Waals surface area contributed by atoms with Crippen molar-refractivity contribution >= 4 is 35.6 Å². The first kappa shape index (κ1) is 13.1. The molecule has 5 heteroatoms. The Balaban J connectivity index is 0.00000169. The van der Waals surface area contributed by atoms with Gasteiger partial charge in [0.25, 0.3) is 0 Å². The van der Waals surface area contributed by atoms with Gasteiger partial charge in [0.2, 0.25) is 5.91 Å². The first-order chi connectivity index (χ1) is 6.09. The van der Waals surface area contributed by atoms with E-state index in [4.69, 9.17) is 23.1 Å². The molecular formula is C9H12Cl2N2O. The van der Waals surface area contributed by atoms with Gasteiger partial charge >= 0.3 is 0 Å². The summed E-state index contributed by atoms with van der Waals surface area (Å²) in [6.45, 7) is 0. The maximum absolute atomic E-state index is 10.5. The molecule has 1 aromatic carbocycles. The van der Waals surface area contributed by atoms with Crippen molar-refractivity contribution in [3.63, 3.8) is 0 Å². The summed E-state index contributed by atoms with van der Waals surface area (Å²) in [4.78, 5) is 10.5. The first-order valence-electron chi connectivity index (χ1n) is 3.92. The van der Waals surface area contributed by atoms with E-state index in [9.17, 15) is 4.79 Å². The van der Waals surface area contributed by atoms with Gasteiger partial charge in [-0.05, 0) is 24.1 Å². The Bertz CT molecular complexity index is 329. The van der Waals surface area contributed by atoms with Crippen molar-refractivity contribution < 1.29 is 4.79 Å². The van der Waals surface area contributed by atoms with Crippen molar-refractivity contribution in [3.05, 3.63) is 28.8 Å². The number of primary amides is 1. The first-order valence-corrected chi connectivity index (χ1v) is 4.29. The summed E-state index contributed by atoms with van der Waals surface area (Å²) in [5.41, 5.74) is 12.0. The highest BCUT2D eigenvalue weighted by Crippen LogP contribution is 2.20. The number of anilines is 1.